The summed E-state index contributed by atoms with van der Waals surface area (Å²) in [5.74, 6) is -0.527. The van der Waals surface area contributed by atoms with E-state index in [1.54, 1.807) is 12.1 Å². The first-order valence-corrected chi connectivity index (χ1v) is 6.36. The molecule has 5 heteroatoms. The Hall–Kier alpha value is -2.56. The van der Waals surface area contributed by atoms with Crippen LogP contribution in [0.1, 0.15) is 6.92 Å². The van der Waals surface area contributed by atoms with Crippen LogP contribution in [0.2, 0.25) is 0 Å². The Balaban J connectivity index is 2.57. The zero-order valence-corrected chi connectivity index (χ0v) is 11.9. The molecule has 0 bridgehead atoms. The third-order valence-corrected chi connectivity index (χ3v) is 2.38. The summed E-state index contributed by atoms with van der Waals surface area (Å²) in [6.07, 6.45) is 0.314. The van der Waals surface area contributed by atoms with Crippen LogP contribution in [0, 0.1) is 0 Å². The Labute approximate surface area is 123 Å². The number of rotatable bonds is 8. The molecule has 0 aliphatic carbocycles. The smallest absolute Gasteiger partial charge is 0.333 e. The number of carbonyl (C=O) groups is 2. The van der Waals surface area contributed by atoms with Crippen LogP contribution in [0.3, 0.4) is 0 Å². The predicted octanol–water partition coefficient (Wildman–Crippen LogP) is 2.28. The topological polar surface area (TPSA) is 61.8 Å². The van der Waals surface area contributed by atoms with Gasteiger partial charge >= 0.3 is 11.9 Å². The molecule has 1 rings (SSSR count). The highest BCUT2D eigenvalue weighted by Crippen LogP contribution is 2.10. The minimum Gasteiger partial charge on any atom is -0.490 e. The van der Waals surface area contributed by atoms with Crippen molar-refractivity contribution >= 4 is 11.9 Å². The van der Waals surface area contributed by atoms with E-state index in [4.69, 9.17) is 14.2 Å². The summed E-state index contributed by atoms with van der Waals surface area (Å²) in [5, 5.41) is 0. The highest BCUT2D eigenvalue weighted by molar-refractivity contribution is 5.87. The molecule has 1 atom stereocenters. The second-order valence-electron chi connectivity index (χ2n) is 4.27. The maximum absolute atomic E-state index is 11.5. The number of hydrogen-bond donors (Lipinski definition) is 0. The van der Waals surface area contributed by atoms with E-state index in [1.165, 1.54) is 6.92 Å². The predicted molar refractivity (Wildman–Crippen MR) is 77.8 cm³/mol. The Morgan fingerprint density at radius 2 is 1.90 bits per heavy atom. The molecule has 1 aromatic rings. The fourth-order valence-corrected chi connectivity index (χ4v) is 1.31. The van der Waals surface area contributed by atoms with Gasteiger partial charge in [0, 0.05) is 11.6 Å². The minimum absolute atomic E-state index is 0.0630. The van der Waals surface area contributed by atoms with E-state index in [9.17, 15) is 9.59 Å². The van der Waals surface area contributed by atoms with Gasteiger partial charge in [-0.25, -0.2) is 9.59 Å². The van der Waals surface area contributed by atoms with Crippen molar-refractivity contribution < 1.29 is 23.8 Å². The molecule has 0 N–H and O–H groups in total. The molecule has 0 fully saturated rings. The maximum Gasteiger partial charge on any atom is 0.333 e. The van der Waals surface area contributed by atoms with Crippen LogP contribution in [0.4, 0.5) is 0 Å². The van der Waals surface area contributed by atoms with Gasteiger partial charge in [-0.15, -0.1) is 0 Å². The highest BCUT2D eigenvalue weighted by Gasteiger charge is 2.18. The van der Waals surface area contributed by atoms with E-state index in [0.29, 0.717) is 5.75 Å². The molecule has 0 saturated heterocycles. The molecular formula is C16H18O5. The lowest BCUT2D eigenvalue weighted by atomic mass is 10.3. The Bertz CT molecular complexity index is 507. The van der Waals surface area contributed by atoms with Crippen LogP contribution in [0.15, 0.2) is 55.1 Å². The first kappa shape index (κ1) is 16.5. The summed E-state index contributed by atoms with van der Waals surface area (Å²) in [7, 11) is 0. The average Bonchev–Trinajstić information content (AvgIpc) is 2.50. The fourth-order valence-electron chi connectivity index (χ4n) is 1.31. The molecule has 0 aromatic heterocycles. The van der Waals surface area contributed by atoms with E-state index >= 15 is 0 Å². The van der Waals surface area contributed by atoms with Crippen LogP contribution >= 0.6 is 0 Å². The largest absolute Gasteiger partial charge is 0.490 e. The molecule has 1 unspecified atom stereocenters. The maximum atomic E-state index is 11.5. The normalized spacial score (nSPS) is 11.1. The molecule has 112 valence electrons. The SMILES string of the molecule is C=CC(=O)OCC(COc1ccccc1)OC(=O)C(=C)C. The lowest BCUT2D eigenvalue weighted by molar-refractivity contribution is -0.155. The van der Waals surface area contributed by atoms with Crippen molar-refractivity contribution in [3.63, 3.8) is 0 Å². The van der Waals surface area contributed by atoms with Crippen molar-refractivity contribution in [2.75, 3.05) is 13.2 Å². The Morgan fingerprint density at radius 3 is 2.48 bits per heavy atom. The van der Waals surface area contributed by atoms with Crippen LogP contribution in [0.25, 0.3) is 0 Å². The number of carbonyl (C=O) groups excluding carboxylic acids is 2. The van der Waals surface area contributed by atoms with Crippen molar-refractivity contribution in [1.82, 2.24) is 0 Å². The van der Waals surface area contributed by atoms with Crippen LogP contribution in [-0.4, -0.2) is 31.3 Å². The van der Waals surface area contributed by atoms with Crippen molar-refractivity contribution in [1.29, 1.82) is 0 Å². The van der Waals surface area contributed by atoms with E-state index < -0.39 is 18.0 Å². The third kappa shape index (κ3) is 6.42. The molecule has 0 aliphatic rings. The number of ether oxygens (including phenoxy) is 3. The van der Waals surface area contributed by atoms with Crippen molar-refractivity contribution in [2.24, 2.45) is 0 Å². The van der Waals surface area contributed by atoms with Gasteiger partial charge in [-0.3, -0.25) is 0 Å². The zero-order valence-electron chi connectivity index (χ0n) is 11.9. The average molecular weight is 290 g/mol. The van der Waals surface area contributed by atoms with Crippen LogP contribution in [-0.2, 0) is 19.1 Å². The van der Waals surface area contributed by atoms with Gasteiger partial charge in [-0.05, 0) is 19.1 Å². The first-order chi connectivity index (χ1) is 10.0. The number of para-hydroxylation sites is 1. The molecular weight excluding hydrogens is 272 g/mol. The van der Waals surface area contributed by atoms with Crippen LogP contribution in [0.5, 0.6) is 5.75 Å². The van der Waals surface area contributed by atoms with Crippen LogP contribution < -0.4 is 4.74 Å². The van der Waals surface area contributed by atoms with Gasteiger partial charge in [-0.1, -0.05) is 31.4 Å². The summed E-state index contributed by atoms with van der Waals surface area (Å²) < 4.78 is 15.5. The van der Waals surface area contributed by atoms with E-state index in [-0.39, 0.29) is 18.8 Å². The van der Waals surface area contributed by atoms with Crippen molar-refractivity contribution in [3.05, 3.63) is 55.1 Å². The highest BCUT2D eigenvalue weighted by atomic mass is 16.6. The standard InChI is InChI=1S/C16H18O5/c1-4-15(17)20-11-14(21-16(18)12(2)3)10-19-13-8-6-5-7-9-13/h4-9,14H,1-2,10-11H2,3H3. The van der Waals surface area contributed by atoms with Crippen molar-refractivity contribution in [3.8, 4) is 5.75 Å². The summed E-state index contributed by atoms with van der Waals surface area (Å²) >= 11 is 0. The zero-order chi connectivity index (χ0) is 15.7. The lowest BCUT2D eigenvalue weighted by Gasteiger charge is -2.18. The van der Waals surface area contributed by atoms with E-state index in [0.717, 1.165) is 6.08 Å². The second kappa shape index (κ2) is 8.58. The van der Waals surface area contributed by atoms with Gasteiger partial charge in [0.15, 0.2) is 6.10 Å². The number of esters is 2. The first-order valence-electron chi connectivity index (χ1n) is 6.36. The second-order valence-corrected chi connectivity index (χ2v) is 4.27. The molecule has 0 radical (unpaired) electrons. The summed E-state index contributed by atoms with van der Waals surface area (Å²) in [5.41, 5.74) is 0.259. The molecule has 0 heterocycles. The summed E-state index contributed by atoms with van der Waals surface area (Å²) in [6.45, 7) is 8.28. The van der Waals surface area contributed by atoms with Crippen molar-refractivity contribution in [2.45, 2.75) is 13.0 Å². The van der Waals surface area contributed by atoms with Gasteiger partial charge in [0.25, 0.3) is 0 Å². The Kier molecular flexibility index (Phi) is 6.74. The summed E-state index contributed by atoms with van der Waals surface area (Å²) in [4.78, 5) is 22.6. The fraction of sp³-hybridized carbons (Fsp3) is 0.250. The van der Waals surface area contributed by atoms with Gasteiger partial charge in [-0.2, -0.15) is 0 Å². The summed E-state index contributed by atoms with van der Waals surface area (Å²) in [6, 6.07) is 9.04. The van der Waals surface area contributed by atoms with E-state index in [1.807, 2.05) is 18.2 Å². The number of benzene rings is 1. The lowest BCUT2D eigenvalue weighted by Crippen LogP contribution is -2.31. The van der Waals surface area contributed by atoms with E-state index in [2.05, 4.69) is 13.2 Å². The Morgan fingerprint density at radius 1 is 1.24 bits per heavy atom. The minimum atomic E-state index is -0.724. The monoisotopic (exact) mass is 290 g/mol. The molecule has 5 nitrogen and oxygen atoms in total. The van der Waals surface area contributed by atoms with Gasteiger partial charge in [0.05, 0.1) is 0 Å². The third-order valence-electron chi connectivity index (χ3n) is 2.38. The molecule has 0 amide bonds. The van der Waals surface area contributed by atoms with Gasteiger partial charge in [0.2, 0.25) is 0 Å². The quantitative estimate of drug-likeness (QED) is 0.543. The molecule has 1 aromatic carbocycles. The molecule has 0 aliphatic heterocycles. The van der Waals surface area contributed by atoms with Gasteiger partial charge in [0.1, 0.15) is 19.0 Å². The number of hydrogen-bond acceptors (Lipinski definition) is 5. The molecule has 0 spiro atoms. The molecule has 21 heavy (non-hydrogen) atoms. The van der Waals surface area contributed by atoms with Gasteiger partial charge < -0.3 is 14.2 Å². The molecule has 0 saturated carbocycles.